The highest BCUT2D eigenvalue weighted by atomic mass is 19.4. The van der Waals surface area contributed by atoms with Gasteiger partial charge in [0.25, 0.3) is 0 Å². The van der Waals surface area contributed by atoms with Crippen LogP contribution in [-0.2, 0) is 4.74 Å². The van der Waals surface area contributed by atoms with E-state index in [0.717, 1.165) is 19.3 Å². The minimum Gasteiger partial charge on any atom is -0.378 e. The van der Waals surface area contributed by atoms with Crippen LogP contribution in [0.4, 0.5) is 13.2 Å². The Bertz CT molecular complexity index is 325. The lowest BCUT2D eigenvalue weighted by Gasteiger charge is -2.37. The predicted molar refractivity (Wildman–Crippen MR) is 65.5 cm³/mol. The van der Waals surface area contributed by atoms with E-state index in [-0.39, 0.29) is 18.8 Å². The molecule has 0 heterocycles. The fourth-order valence-corrected chi connectivity index (χ4v) is 2.53. The molecule has 1 aliphatic rings. The molecule has 2 atom stereocenters. The van der Waals surface area contributed by atoms with Gasteiger partial charge in [0.1, 0.15) is 5.54 Å². The molecule has 0 aromatic heterocycles. The van der Waals surface area contributed by atoms with Gasteiger partial charge < -0.3 is 4.74 Å². The summed E-state index contributed by atoms with van der Waals surface area (Å²) in [6.45, 7) is 3.58. The number of alkyl halides is 3. The number of rotatable bonds is 5. The summed E-state index contributed by atoms with van der Waals surface area (Å²) >= 11 is 0. The van der Waals surface area contributed by atoms with Gasteiger partial charge in [-0.2, -0.15) is 18.4 Å². The third-order valence-corrected chi connectivity index (χ3v) is 3.22. The second kappa shape index (κ2) is 6.58. The van der Waals surface area contributed by atoms with Crippen molar-refractivity contribution in [1.82, 2.24) is 5.32 Å². The molecule has 0 saturated heterocycles. The summed E-state index contributed by atoms with van der Waals surface area (Å²) in [5.41, 5.74) is -0.657. The lowest BCUT2D eigenvalue weighted by Crippen LogP contribution is -2.52. The van der Waals surface area contributed by atoms with Crippen LogP contribution in [0.2, 0.25) is 0 Å². The summed E-state index contributed by atoms with van der Waals surface area (Å²) in [5.74, 6) is 0. The Balaban J connectivity index is 2.47. The third-order valence-electron chi connectivity index (χ3n) is 3.22. The number of halogens is 3. The van der Waals surface area contributed by atoms with Crippen LogP contribution >= 0.6 is 0 Å². The monoisotopic (exact) mass is 278 g/mol. The first-order valence-electron chi connectivity index (χ1n) is 6.64. The van der Waals surface area contributed by atoms with Crippen molar-refractivity contribution in [2.75, 3.05) is 6.61 Å². The van der Waals surface area contributed by atoms with Crippen molar-refractivity contribution in [3.8, 4) is 6.07 Å². The number of hydrogen-bond acceptors (Lipinski definition) is 3. The van der Waals surface area contributed by atoms with Gasteiger partial charge in [-0.05, 0) is 33.1 Å². The molecule has 0 aliphatic heterocycles. The zero-order valence-electron chi connectivity index (χ0n) is 11.4. The highest BCUT2D eigenvalue weighted by Crippen LogP contribution is 2.31. The summed E-state index contributed by atoms with van der Waals surface area (Å²) in [6.07, 6.45) is -2.68. The molecule has 19 heavy (non-hydrogen) atoms. The summed E-state index contributed by atoms with van der Waals surface area (Å²) in [4.78, 5) is 0. The van der Waals surface area contributed by atoms with Gasteiger partial charge >= 0.3 is 6.18 Å². The number of nitrogens with zero attached hydrogens (tertiary/aromatic N) is 1. The minimum absolute atomic E-state index is 0.161. The maximum absolute atomic E-state index is 12.1. The molecule has 0 radical (unpaired) electrons. The van der Waals surface area contributed by atoms with Gasteiger partial charge in [-0.15, -0.1) is 0 Å². The van der Waals surface area contributed by atoms with Gasteiger partial charge in [0.2, 0.25) is 0 Å². The van der Waals surface area contributed by atoms with Crippen molar-refractivity contribution in [2.24, 2.45) is 0 Å². The zero-order valence-corrected chi connectivity index (χ0v) is 11.4. The van der Waals surface area contributed by atoms with E-state index in [9.17, 15) is 18.4 Å². The number of ether oxygens (including phenoxy) is 1. The standard InChI is InChI=1S/C13H21F3N2O/c1-10(2)18-12(9-17)5-3-4-11(8-12)19-7-6-13(14,15)16/h10-11,18H,3-8H2,1-2H3. The number of hydrogen-bond donors (Lipinski definition) is 1. The maximum atomic E-state index is 12.1. The molecule has 0 spiro atoms. The van der Waals surface area contributed by atoms with Crippen LogP contribution in [0, 0.1) is 11.3 Å². The molecule has 6 heteroatoms. The van der Waals surface area contributed by atoms with Gasteiger partial charge in [0, 0.05) is 12.5 Å². The van der Waals surface area contributed by atoms with E-state index in [4.69, 9.17) is 4.74 Å². The van der Waals surface area contributed by atoms with Crippen LogP contribution < -0.4 is 5.32 Å². The molecule has 0 amide bonds. The van der Waals surface area contributed by atoms with E-state index in [1.807, 2.05) is 13.8 Å². The Hall–Kier alpha value is -0.800. The summed E-state index contributed by atoms with van der Waals surface area (Å²) in [6, 6.07) is 2.43. The Morgan fingerprint density at radius 2 is 2.16 bits per heavy atom. The predicted octanol–water partition coefficient (Wildman–Crippen LogP) is 3.16. The van der Waals surface area contributed by atoms with Crippen molar-refractivity contribution < 1.29 is 17.9 Å². The fourth-order valence-electron chi connectivity index (χ4n) is 2.53. The average molecular weight is 278 g/mol. The molecule has 1 fully saturated rings. The van der Waals surface area contributed by atoms with E-state index in [1.165, 1.54) is 0 Å². The van der Waals surface area contributed by atoms with E-state index in [2.05, 4.69) is 11.4 Å². The lowest BCUT2D eigenvalue weighted by molar-refractivity contribution is -0.150. The minimum atomic E-state index is -4.18. The largest absolute Gasteiger partial charge is 0.391 e. The van der Waals surface area contributed by atoms with Crippen molar-refractivity contribution in [1.29, 1.82) is 5.26 Å². The normalized spacial score (nSPS) is 28.4. The van der Waals surface area contributed by atoms with Crippen molar-refractivity contribution in [2.45, 2.75) is 69.8 Å². The third kappa shape index (κ3) is 5.79. The summed E-state index contributed by atoms with van der Waals surface area (Å²) < 4.78 is 41.5. The molecular formula is C13H21F3N2O. The van der Waals surface area contributed by atoms with Crippen LogP contribution in [0.25, 0.3) is 0 Å². The second-order valence-corrected chi connectivity index (χ2v) is 5.45. The zero-order chi connectivity index (χ0) is 14.5. The second-order valence-electron chi connectivity index (χ2n) is 5.45. The van der Waals surface area contributed by atoms with Crippen LogP contribution in [-0.4, -0.2) is 30.5 Å². The first-order chi connectivity index (χ1) is 8.76. The Morgan fingerprint density at radius 1 is 1.47 bits per heavy atom. The molecule has 0 bridgehead atoms. The molecule has 1 rings (SSSR count). The van der Waals surface area contributed by atoms with Crippen molar-refractivity contribution in [3.05, 3.63) is 0 Å². The molecule has 0 aromatic rings. The van der Waals surface area contributed by atoms with Gasteiger partial charge in [-0.1, -0.05) is 0 Å². The maximum Gasteiger partial charge on any atom is 0.391 e. The van der Waals surface area contributed by atoms with Crippen LogP contribution in [0.5, 0.6) is 0 Å². The lowest BCUT2D eigenvalue weighted by atomic mass is 9.80. The van der Waals surface area contributed by atoms with Crippen LogP contribution in [0.15, 0.2) is 0 Å². The first kappa shape index (κ1) is 16.3. The molecule has 3 nitrogen and oxygen atoms in total. The molecular weight excluding hydrogens is 257 g/mol. The van der Waals surface area contributed by atoms with Gasteiger partial charge in [-0.3, -0.25) is 5.32 Å². The first-order valence-corrected chi connectivity index (χ1v) is 6.64. The molecule has 2 unspecified atom stereocenters. The van der Waals surface area contributed by atoms with Crippen molar-refractivity contribution in [3.63, 3.8) is 0 Å². The van der Waals surface area contributed by atoms with E-state index in [1.54, 1.807) is 0 Å². The number of nitrogens with one attached hydrogen (secondary N) is 1. The van der Waals surface area contributed by atoms with Gasteiger partial charge in [-0.25, -0.2) is 0 Å². The molecule has 1 N–H and O–H groups in total. The Labute approximate surface area is 112 Å². The summed E-state index contributed by atoms with van der Waals surface area (Å²) in [7, 11) is 0. The average Bonchev–Trinajstić information content (AvgIpc) is 2.27. The van der Waals surface area contributed by atoms with E-state index < -0.39 is 18.1 Å². The van der Waals surface area contributed by atoms with Gasteiger partial charge in [0.05, 0.1) is 25.2 Å². The molecule has 1 saturated carbocycles. The SMILES string of the molecule is CC(C)NC1(C#N)CCCC(OCCC(F)(F)F)C1. The topological polar surface area (TPSA) is 45.0 Å². The molecule has 110 valence electrons. The quantitative estimate of drug-likeness (QED) is 0.840. The van der Waals surface area contributed by atoms with E-state index in [0.29, 0.717) is 6.42 Å². The summed E-state index contributed by atoms with van der Waals surface area (Å²) in [5, 5.41) is 12.5. The Morgan fingerprint density at radius 3 is 2.68 bits per heavy atom. The molecule has 1 aliphatic carbocycles. The van der Waals surface area contributed by atoms with Gasteiger partial charge in [0.15, 0.2) is 0 Å². The van der Waals surface area contributed by atoms with Crippen molar-refractivity contribution >= 4 is 0 Å². The smallest absolute Gasteiger partial charge is 0.378 e. The Kier molecular flexibility index (Phi) is 5.63. The van der Waals surface area contributed by atoms with E-state index >= 15 is 0 Å². The van der Waals surface area contributed by atoms with Crippen LogP contribution in [0.1, 0.15) is 46.0 Å². The fraction of sp³-hybridized carbons (Fsp3) is 0.923. The highest BCUT2D eigenvalue weighted by molar-refractivity contribution is 5.10. The molecule has 0 aromatic carbocycles. The number of nitriles is 1. The highest BCUT2D eigenvalue weighted by Gasteiger charge is 2.37. The van der Waals surface area contributed by atoms with Crippen LogP contribution in [0.3, 0.4) is 0 Å².